The van der Waals surface area contributed by atoms with Crippen LogP contribution in [0.1, 0.15) is 44.9 Å². The van der Waals surface area contributed by atoms with Gasteiger partial charge in [0.15, 0.2) is 0 Å². The van der Waals surface area contributed by atoms with E-state index >= 15 is 0 Å². The van der Waals surface area contributed by atoms with Gasteiger partial charge in [-0.15, -0.1) is 0 Å². The Kier molecular flexibility index (Phi) is 5.66. The van der Waals surface area contributed by atoms with E-state index in [1.54, 1.807) is 0 Å². The van der Waals surface area contributed by atoms with Crippen molar-refractivity contribution < 1.29 is 18.4 Å². The third-order valence-electron chi connectivity index (χ3n) is 5.33. The van der Waals surface area contributed by atoms with Crippen LogP contribution >= 0.6 is 0 Å². The Hall–Kier alpha value is -1.98. The number of anilines is 1. The lowest BCUT2D eigenvalue weighted by Gasteiger charge is -2.33. The Labute approximate surface area is 146 Å². The molecule has 0 aromatic heterocycles. The van der Waals surface area contributed by atoms with Crippen molar-refractivity contribution in [2.24, 2.45) is 11.8 Å². The van der Waals surface area contributed by atoms with Gasteiger partial charge in [0.05, 0.1) is 0 Å². The molecule has 6 heteroatoms. The number of likely N-dealkylation sites (tertiary alicyclic amines) is 1. The predicted octanol–water partition coefficient (Wildman–Crippen LogP) is 3.72. The maximum atomic E-state index is 13.6. The summed E-state index contributed by atoms with van der Waals surface area (Å²) in [5, 5.41) is 2.37. The van der Waals surface area contributed by atoms with Crippen molar-refractivity contribution in [3.63, 3.8) is 0 Å². The molecule has 0 bridgehead atoms. The standard InChI is InChI=1S/C19H24F2N2O2/c20-15-5-4-6-16(21)17(15)22-18(24)13-7-9-14(10-8-13)19(25)23-11-2-1-3-12-23/h4-6,13-14H,1-3,7-12H2,(H,22,24). The van der Waals surface area contributed by atoms with Gasteiger partial charge in [-0.25, -0.2) is 8.78 Å². The van der Waals surface area contributed by atoms with Gasteiger partial charge in [-0.3, -0.25) is 9.59 Å². The third kappa shape index (κ3) is 4.17. The quantitative estimate of drug-likeness (QED) is 0.903. The van der Waals surface area contributed by atoms with Crippen molar-refractivity contribution in [3.05, 3.63) is 29.8 Å². The smallest absolute Gasteiger partial charge is 0.227 e. The summed E-state index contributed by atoms with van der Waals surface area (Å²) >= 11 is 0. The lowest BCUT2D eigenvalue weighted by atomic mass is 9.80. The second-order valence-electron chi connectivity index (χ2n) is 7.02. The molecule has 3 rings (SSSR count). The lowest BCUT2D eigenvalue weighted by molar-refractivity contribution is -0.138. The number of para-hydroxylation sites is 1. The molecule has 1 aliphatic heterocycles. The number of benzene rings is 1. The number of carbonyl (C=O) groups excluding carboxylic acids is 2. The Morgan fingerprint density at radius 3 is 2.08 bits per heavy atom. The van der Waals surface area contributed by atoms with E-state index in [9.17, 15) is 18.4 Å². The summed E-state index contributed by atoms with van der Waals surface area (Å²) in [6, 6.07) is 3.50. The number of carbonyl (C=O) groups is 2. The molecule has 1 N–H and O–H groups in total. The first-order valence-electron chi connectivity index (χ1n) is 9.10. The minimum Gasteiger partial charge on any atom is -0.342 e. The number of amides is 2. The molecule has 2 aliphatic rings. The van der Waals surface area contributed by atoms with Gasteiger partial charge in [0.2, 0.25) is 11.8 Å². The zero-order chi connectivity index (χ0) is 17.8. The van der Waals surface area contributed by atoms with Crippen LogP contribution in [0.5, 0.6) is 0 Å². The van der Waals surface area contributed by atoms with Gasteiger partial charge in [-0.1, -0.05) is 6.07 Å². The topological polar surface area (TPSA) is 49.4 Å². The largest absolute Gasteiger partial charge is 0.342 e. The molecule has 0 spiro atoms. The molecule has 25 heavy (non-hydrogen) atoms. The molecule has 0 radical (unpaired) electrons. The SMILES string of the molecule is O=C(Nc1c(F)cccc1F)C1CCC(C(=O)N2CCCCC2)CC1. The molecule has 136 valence electrons. The first kappa shape index (κ1) is 17.8. The highest BCUT2D eigenvalue weighted by Gasteiger charge is 2.33. The van der Waals surface area contributed by atoms with Crippen LogP contribution in [0.4, 0.5) is 14.5 Å². The van der Waals surface area contributed by atoms with Crippen molar-refractivity contribution in [1.82, 2.24) is 4.90 Å². The first-order valence-corrected chi connectivity index (χ1v) is 9.10. The maximum Gasteiger partial charge on any atom is 0.227 e. The Bertz CT molecular complexity index is 616. The van der Waals surface area contributed by atoms with Crippen LogP contribution in [0.2, 0.25) is 0 Å². The van der Waals surface area contributed by atoms with Gasteiger partial charge >= 0.3 is 0 Å². The van der Waals surface area contributed by atoms with E-state index in [-0.39, 0.29) is 29.3 Å². The number of halogens is 2. The van der Waals surface area contributed by atoms with Crippen molar-refractivity contribution >= 4 is 17.5 Å². The summed E-state index contributed by atoms with van der Waals surface area (Å²) in [6.45, 7) is 1.68. The maximum absolute atomic E-state index is 13.6. The molecule has 0 unspecified atom stereocenters. The summed E-state index contributed by atoms with van der Waals surface area (Å²) in [7, 11) is 0. The van der Waals surface area contributed by atoms with Gasteiger partial charge in [-0.2, -0.15) is 0 Å². The van der Waals surface area contributed by atoms with Crippen LogP contribution in [0.3, 0.4) is 0 Å². The van der Waals surface area contributed by atoms with Crippen LogP contribution in [-0.4, -0.2) is 29.8 Å². The molecular formula is C19H24F2N2O2. The number of nitrogens with zero attached hydrogens (tertiary/aromatic N) is 1. The fraction of sp³-hybridized carbons (Fsp3) is 0.579. The summed E-state index contributed by atoms with van der Waals surface area (Å²) < 4.78 is 27.3. The van der Waals surface area contributed by atoms with Crippen molar-refractivity contribution in [2.45, 2.75) is 44.9 Å². The van der Waals surface area contributed by atoms with Gasteiger partial charge in [0.25, 0.3) is 0 Å². The van der Waals surface area contributed by atoms with Crippen molar-refractivity contribution in [1.29, 1.82) is 0 Å². The highest BCUT2D eigenvalue weighted by Crippen LogP contribution is 2.32. The van der Waals surface area contributed by atoms with Gasteiger partial charge in [-0.05, 0) is 57.1 Å². The molecule has 1 aromatic carbocycles. The van der Waals surface area contributed by atoms with E-state index in [1.165, 1.54) is 12.5 Å². The van der Waals surface area contributed by atoms with E-state index in [0.29, 0.717) is 25.7 Å². The van der Waals surface area contributed by atoms with Gasteiger partial charge in [0, 0.05) is 24.9 Å². The molecule has 1 aliphatic carbocycles. The van der Waals surface area contributed by atoms with E-state index in [4.69, 9.17) is 0 Å². The Morgan fingerprint density at radius 2 is 1.48 bits per heavy atom. The van der Waals surface area contributed by atoms with Crippen molar-refractivity contribution in [2.75, 3.05) is 18.4 Å². The van der Waals surface area contributed by atoms with E-state index in [1.807, 2.05) is 4.90 Å². The predicted molar refractivity (Wildman–Crippen MR) is 90.9 cm³/mol. The molecule has 0 atom stereocenters. The van der Waals surface area contributed by atoms with Crippen LogP contribution in [0, 0.1) is 23.5 Å². The highest BCUT2D eigenvalue weighted by molar-refractivity contribution is 5.93. The fourth-order valence-corrected chi connectivity index (χ4v) is 3.82. The number of nitrogens with one attached hydrogen (secondary N) is 1. The molecule has 1 saturated carbocycles. The average Bonchev–Trinajstić information content (AvgIpc) is 2.65. The third-order valence-corrected chi connectivity index (χ3v) is 5.33. The van der Waals surface area contributed by atoms with Gasteiger partial charge in [0.1, 0.15) is 17.3 Å². The summed E-state index contributed by atoms with van der Waals surface area (Å²) in [4.78, 5) is 26.8. The highest BCUT2D eigenvalue weighted by atomic mass is 19.1. The number of hydrogen-bond donors (Lipinski definition) is 1. The monoisotopic (exact) mass is 350 g/mol. The summed E-state index contributed by atoms with van der Waals surface area (Å²) in [6.07, 6.45) is 5.79. The molecular weight excluding hydrogens is 326 g/mol. The fourth-order valence-electron chi connectivity index (χ4n) is 3.82. The van der Waals surface area contributed by atoms with E-state index < -0.39 is 11.6 Å². The minimum atomic E-state index is -0.776. The second-order valence-corrected chi connectivity index (χ2v) is 7.02. The molecule has 2 amide bonds. The first-order chi connectivity index (χ1) is 12.1. The molecule has 1 saturated heterocycles. The Morgan fingerprint density at radius 1 is 0.920 bits per heavy atom. The summed E-state index contributed by atoms with van der Waals surface area (Å²) in [5.74, 6) is -2.03. The number of hydrogen-bond acceptors (Lipinski definition) is 2. The molecule has 1 aromatic rings. The lowest BCUT2D eigenvalue weighted by Crippen LogP contribution is -2.41. The zero-order valence-corrected chi connectivity index (χ0v) is 14.3. The van der Waals surface area contributed by atoms with Crippen LogP contribution < -0.4 is 5.32 Å². The van der Waals surface area contributed by atoms with Crippen LogP contribution in [0.25, 0.3) is 0 Å². The minimum absolute atomic E-state index is 0.0210. The van der Waals surface area contributed by atoms with Gasteiger partial charge < -0.3 is 10.2 Å². The summed E-state index contributed by atoms with van der Waals surface area (Å²) in [5.41, 5.74) is -0.390. The number of piperidine rings is 1. The number of rotatable bonds is 3. The Balaban J connectivity index is 1.53. The van der Waals surface area contributed by atoms with Crippen LogP contribution in [0.15, 0.2) is 18.2 Å². The zero-order valence-electron chi connectivity index (χ0n) is 14.3. The molecule has 2 fully saturated rings. The molecule has 1 heterocycles. The molecule has 4 nitrogen and oxygen atoms in total. The average molecular weight is 350 g/mol. The van der Waals surface area contributed by atoms with Crippen LogP contribution in [-0.2, 0) is 9.59 Å². The normalized spacial score (nSPS) is 24.0. The van der Waals surface area contributed by atoms with E-state index in [0.717, 1.165) is 38.1 Å². The van der Waals surface area contributed by atoms with Crippen molar-refractivity contribution in [3.8, 4) is 0 Å². The van der Waals surface area contributed by atoms with E-state index in [2.05, 4.69) is 5.32 Å². The second kappa shape index (κ2) is 7.93.